The van der Waals surface area contributed by atoms with E-state index in [2.05, 4.69) is 15.6 Å². The summed E-state index contributed by atoms with van der Waals surface area (Å²) in [6.07, 6.45) is 0. The smallest absolute Gasteiger partial charge is 0.191 e. The van der Waals surface area contributed by atoms with Gasteiger partial charge in [-0.15, -0.1) is 0 Å². The summed E-state index contributed by atoms with van der Waals surface area (Å²) in [6, 6.07) is 10.8. The average Bonchev–Trinajstić information content (AvgIpc) is 2.52. The van der Waals surface area contributed by atoms with Crippen molar-refractivity contribution in [2.75, 3.05) is 7.05 Å². The quantitative estimate of drug-likeness (QED) is 0.667. The molecular weight excluding hydrogens is 308 g/mol. The monoisotopic (exact) mass is 323 g/mol. The third-order valence-electron chi connectivity index (χ3n) is 3.05. The van der Waals surface area contributed by atoms with Crippen molar-refractivity contribution in [3.05, 3.63) is 70.2 Å². The van der Waals surface area contributed by atoms with Gasteiger partial charge in [-0.3, -0.25) is 4.99 Å². The van der Waals surface area contributed by atoms with Gasteiger partial charge in [0.2, 0.25) is 0 Å². The van der Waals surface area contributed by atoms with Gasteiger partial charge in [-0.25, -0.2) is 8.78 Å². The van der Waals surface area contributed by atoms with Gasteiger partial charge in [0.25, 0.3) is 0 Å². The minimum atomic E-state index is -0.470. The highest BCUT2D eigenvalue weighted by Crippen LogP contribution is 2.10. The maximum atomic E-state index is 13.5. The molecule has 0 aliphatic heterocycles. The van der Waals surface area contributed by atoms with Crippen molar-refractivity contribution in [3.8, 4) is 0 Å². The van der Waals surface area contributed by atoms with Crippen LogP contribution in [0.15, 0.2) is 47.5 Å². The van der Waals surface area contributed by atoms with Crippen LogP contribution in [-0.4, -0.2) is 13.0 Å². The van der Waals surface area contributed by atoms with Gasteiger partial charge in [-0.05, 0) is 35.9 Å². The number of guanidine groups is 1. The van der Waals surface area contributed by atoms with E-state index in [1.54, 1.807) is 19.2 Å². The SMILES string of the molecule is CN=C(NCc1ccc(Cl)cc1)NCc1cc(F)ccc1F. The van der Waals surface area contributed by atoms with Gasteiger partial charge in [0, 0.05) is 30.7 Å². The Labute approximate surface area is 133 Å². The zero-order valence-electron chi connectivity index (χ0n) is 12.0. The van der Waals surface area contributed by atoms with Crippen molar-refractivity contribution in [1.82, 2.24) is 10.6 Å². The number of aliphatic imine (C=N–C) groups is 1. The van der Waals surface area contributed by atoms with Gasteiger partial charge in [-0.1, -0.05) is 23.7 Å². The van der Waals surface area contributed by atoms with Crippen LogP contribution >= 0.6 is 11.6 Å². The predicted octanol–water partition coefficient (Wildman–Crippen LogP) is 3.48. The molecule has 6 heteroatoms. The van der Waals surface area contributed by atoms with Crippen molar-refractivity contribution in [2.24, 2.45) is 4.99 Å². The molecule has 0 bridgehead atoms. The molecule has 0 aromatic heterocycles. The molecule has 116 valence electrons. The molecule has 2 aromatic carbocycles. The maximum absolute atomic E-state index is 13.5. The molecule has 0 heterocycles. The molecular formula is C16H16ClF2N3. The summed E-state index contributed by atoms with van der Waals surface area (Å²) in [7, 11) is 1.61. The van der Waals surface area contributed by atoms with Crippen molar-refractivity contribution >= 4 is 17.6 Å². The fourth-order valence-electron chi connectivity index (χ4n) is 1.87. The summed E-state index contributed by atoms with van der Waals surface area (Å²) in [6.45, 7) is 0.687. The lowest BCUT2D eigenvalue weighted by Crippen LogP contribution is -2.36. The molecule has 0 radical (unpaired) electrons. The molecule has 0 saturated heterocycles. The summed E-state index contributed by atoms with van der Waals surface area (Å²) in [5, 5.41) is 6.70. The van der Waals surface area contributed by atoms with E-state index in [1.807, 2.05) is 12.1 Å². The van der Waals surface area contributed by atoms with Crippen molar-refractivity contribution in [1.29, 1.82) is 0 Å². The molecule has 0 saturated carbocycles. The van der Waals surface area contributed by atoms with E-state index in [9.17, 15) is 8.78 Å². The van der Waals surface area contributed by atoms with Crippen LogP contribution in [0.2, 0.25) is 5.02 Å². The maximum Gasteiger partial charge on any atom is 0.191 e. The van der Waals surface area contributed by atoms with Crippen LogP contribution in [0.4, 0.5) is 8.78 Å². The number of nitrogens with zero attached hydrogens (tertiary/aromatic N) is 1. The van der Waals surface area contributed by atoms with Crippen molar-refractivity contribution < 1.29 is 8.78 Å². The standard InChI is InChI=1S/C16H16ClF2N3/c1-20-16(21-9-11-2-4-13(17)5-3-11)22-10-12-8-14(18)6-7-15(12)19/h2-8H,9-10H2,1H3,(H2,20,21,22). The molecule has 22 heavy (non-hydrogen) atoms. The van der Waals surface area contributed by atoms with Crippen LogP contribution in [0.25, 0.3) is 0 Å². The summed E-state index contributed by atoms with van der Waals surface area (Å²) < 4.78 is 26.6. The lowest BCUT2D eigenvalue weighted by Gasteiger charge is -2.12. The Kier molecular flexibility index (Phi) is 5.72. The van der Waals surface area contributed by atoms with Crippen LogP contribution in [-0.2, 0) is 13.1 Å². The third kappa shape index (κ3) is 4.70. The van der Waals surface area contributed by atoms with E-state index >= 15 is 0 Å². The van der Waals surface area contributed by atoms with Gasteiger partial charge in [0.05, 0.1) is 0 Å². The van der Waals surface area contributed by atoms with Gasteiger partial charge in [0.1, 0.15) is 11.6 Å². The fraction of sp³-hybridized carbons (Fsp3) is 0.188. The zero-order chi connectivity index (χ0) is 15.9. The molecule has 2 aromatic rings. The first-order valence-electron chi connectivity index (χ1n) is 6.71. The molecule has 2 N–H and O–H groups in total. The Morgan fingerprint density at radius 1 is 1.05 bits per heavy atom. The number of benzene rings is 2. The Bertz CT molecular complexity index is 657. The molecule has 0 aliphatic carbocycles. The van der Waals surface area contributed by atoms with Gasteiger partial charge >= 0.3 is 0 Å². The van der Waals surface area contributed by atoms with Crippen molar-refractivity contribution in [3.63, 3.8) is 0 Å². The average molecular weight is 324 g/mol. The molecule has 0 unspecified atom stereocenters. The van der Waals surface area contributed by atoms with Gasteiger partial charge in [0.15, 0.2) is 5.96 Å². The first-order chi connectivity index (χ1) is 10.6. The molecule has 0 spiro atoms. The Morgan fingerprint density at radius 3 is 2.41 bits per heavy atom. The number of hydrogen-bond donors (Lipinski definition) is 2. The first kappa shape index (κ1) is 16.2. The number of hydrogen-bond acceptors (Lipinski definition) is 1. The van der Waals surface area contributed by atoms with E-state index in [1.165, 1.54) is 0 Å². The van der Waals surface area contributed by atoms with E-state index in [4.69, 9.17) is 11.6 Å². The molecule has 0 aliphatic rings. The number of rotatable bonds is 4. The Morgan fingerprint density at radius 2 is 1.73 bits per heavy atom. The van der Waals surface area contributed by atoms with E-state index < -0.39 is 11.6 Å². The first-order valence-corrected chi connectivity index (χ1v) is 7.09. The zero-order valence-corrected chi connectivity index (χ0v) is 12.8. The number of nitrogens with one attached hydrogen (secondary N) is 2. The summed E-state index contributed by atoms with van der Waals surface area (Å²) in [5.41, 5.74) is 1.28. The van der Waals surface area contributed by atoms with Crippen LogP contribution in [0.3, 0.4) is 0 Å². The molecule has 3 nitrogen and oxygen atoms in total. The van der Waals surface area contributed by atoms with Gasteiger partial charge < -0.3 is 10.6 Å². The van der Waals surface area contributed by atoms with Gasteiger partial charge in [-0.2, -0.15) is 0 Å². The lowest BCUT2D eigenvalue weighted by molar-refractivity contribution is 0.581. The second kappa shape index (κ2) is 7.75. The highest BCUT2D eigenvalue weighted by atomic mass is 35.5. The minimum absolute atomic E-state index is 0.143. The summed E-state index contributed by atoms with van der Waals surface area (Å²) >= 11 is 5.82. The van der Waals surface area contributed by atoms with Crippen molar-refractivity contribution in [2.45, 2.75) is 13.1 Å². The topological polar surface area (TPSA) is 36.4 Å². The highest BCUT2D eigenvalue weighted by molar-refractivity contribution is 6.30. The van der Waals surface area contributed by atoms with Crippen LogP contribution in [0, 0.1) is 11.6 Å². The van der Waals surface area contributed by atoms with Crippen LogP contribution < -0.4 is 10.6 Å². The summed E-state index contributed by atoms with van der Waals surface area (Å²) in [4.78, 5) is 4.04. The second-order valence-electron chi connectivity index (χ2n) is 4.64. The van der Waals surface area contributed by atoms with E-state index in [0.29, 0.717) is 17.5 Å². The molecule has 2 rings (SSSR count). The van der Waals surface area contributed by atoms with E-state index in [-0.39, 0.29) is 12.1 Å². The third-order valence-corrected chi connectivity index (χ3v) is 3.30. The highest BCUT2D eigenvalue weighted by Gasteiger charge is 2.05. The molecule has 0 amide bonds. The Balaban J connectivity index is 1.90. The minimum Gasteiger partial charge on any atom is -0.352 e. The summed E-state index contributed by atoms with van der Waals surface area (Å²) in [5.74, 6) is -0.428. The van der Waals surface area contributed by atoms with Crippen LogP contribution in [0.1, 0.15) is 11.1 Å². The largest absolute Gasteiger partial charge is 0.352 e. The normalized spacial score (nSPS) is 11.4. The predicted molar refractivity (Wildman–Crippen MR) is 84.8 cm³/mol. The molecule has 0 atom stereocenters. The van der Waals surface area contributed by atoms with E-state index in [0.717, 1.165) is 23.8 Å². The fourth-order valence-corrected chi connectivity index (χ4v) is 1.99. The second-order valence-corrected chi connectivity index (χ2v) is 5.08. The lowest BCUT2D eigenvalue weighted by atomic mass is 10.2. The number of halogens is 3. The Hall–Kier alpha value is -2.14. The molecule has 0 fully saturated rings. The van der Waals surface area contributed by atoms with Crippen LogP contribution in [0.5, 0.6) is 0 Å².